The SMILES string of the molecule is CNC(=O)c1cccc(Cn2nc(-c3nc(-c4ccc(OC(C)(F)F)cc4)no3)nc2C)c1. The maximum Gasteiger partial charge on any atom is 0.394 e. The van der Waals surface area contributed by atoms with E-state index >= 15 is 0 Å². The van der Waals surface area contributed by atoms with E-state index in [1.165, 1.54) is 12.1 Å². The van der Waals surface area contributed by atoms with Crippen molar-refractivity contribution in [2.24, 2.45) is 0 Å². The number of carbonyl (C=O) groups excluding carboxylic acids is 1. The minimum atomic E-state index is -3.27. The van der Waals surface area contributed by atoms with Gasteiger partial charge in [0.1, 0.15) is 11.6 Å². The summed E-state index contributed by atoms with van der Waals surface area (Å²) < 4.78 is 37.4. The zero-order chi connectivity index (χ0) is 23.6. The van der Waals surface area contributed by atoms with Crippen molar-refractivity contribution in [3.63, 3.8) is 0 Å². The lowest BCUT2D eigenvalue weighted by molar-refractivity contribution is -0.158. The Morgan fingerprint density at radius 3 is 2.61 bits per heavy atom. The molecule has 0 fully saturated rings. The van der Waals surface area contributed by atoms with E-state index in [4.69, 9.17) is 4.52 Å². The summed E-state index contributed by atoms with van der Waals surface area (Å²) in [5.74, 6) is 1.09. The highest BCUT2D eigenvalue weighted by molar-refractivity contribution is 5.94. The topological polar surface area (TPSA) is 108 Å². The van der Waals surface area contributed by atoms with Crippen LogP contribution in [0.2, 0.25) is 0 Å². The molecule has 0 unspecified atom stereocenters. The minimum absolute atomic E-state index is 0.0199. The molecule has 2 heterocycles. The van der Waals surface area contributed by atoms with Gasteiger partial charge in [-0.2, -0.15) is 13.8 Å². The number of nitrogens with one attached hydrogen (secondary N) is 1. The molecular weight excluding hydrogens is 434 g/mol. The van der Waals surface area contributed by atoms with Crippen LogP contribution < -0.4 is 10.1 Å². The van der Waals surface area contributed by atoms with Gasteiger partial charge in [-0.15, -0.1) is 5.10 Å². The molecule has 4 rings (SSSR count). The van der Waals surface area contributed by atoms with Crippen LogP contribution in [0.5, 0.6) is 5.75 Å². The first-order chi connectivity index (χ1) is 15.7. The molecule has 0 spiro atoms. The highest BCUT2D eigenvalue weighted by Gasteiger charge is 2.23. The maximum atomic E-state index is 13.0. The lowest BCUT2D eigenvalue weighted by atomic mass is 10.1. The number of aryl methyl sites for hydroxylation is 1. The molecule has 0 aliphatic rings. The van der Waals surface area contributed by atoms with E-state index in [0.717, 1.165) is 5.56 Å². The molecule has 0 radical (unpaired) electrons. The molecule has 2 aromatic carbocycles. The van der Waals surface area contributed by atoms with E-state index < -0.39 is 6.11 Å². The second-order valence-electron chi connectivity index (χ2n) is 7.28. The van der Waals surface area contributed by atoms with Gasteiger partial charge in [0.25, 0.3) is 11.8 Å². The standard InChI is InChI=1S/C22H20F2N6O3/c1-13-26-19(28-30(13)12-14-5-4-6-16(11-14)20(31)25-3)21-27-18(29-33-21)15-7-9-17(10-8-15)32-22(2,23)24/h4-11H,12H2,1-3H3,(H,25,31). The van der Waals surface area contributed by atoms with E-state index in [9.17, 15) is 13.6 Å². The highest BCUT2D eigenvalue weighted by Crippen LogP contribution is 2.25. The van der Waals surface area contributed by atoms with Gasteiger partial charge in [0.15, 0.2) is 0 Å². The van der Waals surface area contributed by atoms with Crippen LogP contribution in [0.4, 0.5) is 8.78 Å². The number of ether oxygens (including phenoxy) is 1. The second kappa shape index (κ2) is 8.77. The Morgan fingerprint density at radius 2 is 1.91 bits per heavy atom. The van der Waals surface area contributed by atoms with Crippen LogP contribution >= 0.6 is 0 Å². The molecule has 2 aromatic heterocycles. The molecule has 0 aliphatic carbocycles. The largest absolute Gasteiger partial charge is 0.433 e. The van der Waals surface area contributed by atoms with E-state index in [1.54, 1.807) is 49.0 Å². The van der Waals surface area contributed by atoms with Gasteiger partial charge in [0.2, 0.25) is 11.6 Å². The van der Waals surface area contributed by atoms with E-state index in [-0.39, 0.29) is 29.2 Å². The van der Waals surface area contributed by atoms with Gasteiger partial charge in [-0.25, -0.2) is 9.67 Å². The van der Waals surface area contributed by atoms with Crippen molar-refractivity contribution in [1.82, 2.24) is 30.2 Å². The molecular formula is C22H20F2N6O3. The third kappa shape index (κ3) is 5.20. The Hall–Kier alpha value is -4.15. The molecule has 1 amide bonds. The molecule has 33 heavy (non-hydrogen) atoms. The van der Waals surface area contributed by atoms with E-state index in [1.807, 2.05) is 6.07 Å². The predicted molar refractivity (Wildman–Crippen MR) is 114 cm³/mol. The third-order valence-corrected chi connectivity index (χ3v) is 4.63. The number of nitrogens with zero attached hydrogens (tertiary/aromatic N) is 5. The van der Waals surface area contributed by atoms with Gasteiger partial charge in [-0.05, 0) is 48.9 Å². The molecule has 0 saturated heterocycles. The van der Waals surface area contributed by atoms with Crippen LogP contribution in [0.1, 0.15) is 28.7 Å². The third-order valence-electron chi connectivity index (χ3n) is 4.63. The monoisotopic (exact) mass is 454 g/mol. The Bertz CT molecular complexity index is 1280. The zero-order valence-electron chi connectivity index (χ0n) is 18.0. The van der Waals surface area contributed by atoms with Crippen LogP contribution in [-0.2, 0) is 6.54 Å². The number of rotatable bonds is 7. The fraction of sp³-hybridized carbons (Fsp3) is 0.227. The van der Waals surface area contributed by atoms with Gasteiger partial charge in [0.05, 0.1) is 6.54 Å². The van der Waals surface area contributed by atoms with Crippen LogP contribution in [0.15, 0.2) is 53.1 Å². The summed E-state index contributed by atoms with van der Waals surface area (Å²) in [6, 6.07) is 13.1. The number of alkyl halides is 2. The first-order valence-corrected chi connectivity index (χ1v) is 9.95. The Kier molecular flexibility index (Phi) is 5.86. The van der Waals surface area contributed by atoms with Gasteiger partial charge in [0, 0.05) is 25.1 Å². The number of aromatic nitrogens is 5. The Balaban J connectivity index is 1.52. The summed E-state index contributed by atoms with van der Waals surface area (Å²) in [7, 11) is 1.58. The molecule has 0 bridgehead atoms. The normalized spacial score (nSPS) is 11.4. The summed E-state index contributed by atoms with van der Waals surface area (Å²) >= 11 is 0. The summed E-state index contributed by atoms with van der Waals surface area (Å²) in [6.07, 6.45) is -3.27. The van der Waals surface area contributed by atoms with Crippen molar-refractivity contribution in [3.05, 3.63) is 65.5 Å². The van der Waals surface area contributed by atoms with Crippen molar-refractivity contribution < 1.29 is 22.8 Å². The van der Waals surface area contributed by atoms with E-state index in [2.05, 4.69) is 30.3 Å². The maximum absolute atomic E-state index is 13.0. The van der Waals surface area contributed by atoms with Crippen LogP contribution in [-0.4, -0.2) is 44.0 Å². The smallest absolute Gasteiger partial charge is 0.394 e. The number of hydrogen-bond acceptors (Lipinski definition) is 7. The quantitative estimate of drug-likeness (QED) is 0.454. The molecule has 1 N–H and O–H groups in total. The Morgan fingerprint density at radius 1 is 1.15 bits per heavy atom. The number of hydrogen-bond donors (Lipinski definition) is 1. The molecule has 4 aromatic rings. The lowest BCUT2D eigenvalue weighted by Gasteiger charge is -2.12. The first kappa shape index (κ1) is 22.1. The predicted octanol–water partition coefficient (Wildman–Crippen LogP) is 3.70. The Labute approximate surface area is 187 Å². The lowest BCUT2D eigenvalue weighted by Crippen LogP contribution is -2.18. The number of halogens is 2. The van der Waals surface area contributed by atoms with Crippen LogP contribution in [0.25, 0.3) is 23.1 Å². The number of carbonyl (C=O) groups is 1. The van der Waals surface area contributed by atoms with Gasteiger partial charge in [-0.3, -0.25) is 4.79 Å². The van der Waals surface area contributed by atoms with Crippen molar-refractivity contribution in [2.75, 3.05) is 7.05 Å². The molecule has 9 nitrogen and oxygen atoms in total. The fourth-order valence-electron chi connectivity index (χ4n) is 3.10. The summed E-state index contributed by atoms with van der Waals surface area (Å²) in [6.45, 7) is 2.85. The molecule has 11 heteroatoms. The van der Waals surface area contributed by atoms with Gasteiger partial charge in [-0.1, -0.05) is 17.3 Å². The summed E-state index contributed by atoms with van der Waals surface area (Å²) in [5.41, 5.74) is 1.98. The van der Waals surface area contributed by atoms with Gasteiger partial charge < -0.3 is 14.6 Å². The van der Waals surface area contributed by atoms with Crippen molar-refractivity contribution >= 4 is 5.91 Å². The zero-order valence-corrected chi connectivity index (χ0v) is 18.0. The first-order valence-electron chi connectivity index (χ1n) is 9.95. The fourth-order valence-corrected chi connectivity index (χ4v) is 3.10. The average molecular weight is 454 g/mol. The van der Waals surface area contributed by atoms with Crippen molar-refractivity contribution in [2.45, 2.75) is 26.5 Å². The van der Waals surface area contributed by atoms with Crippen LogP contribution in [0.3, 0.4) is 0 Å². The second-order valence-corrected chi connectivity index (χ2v) is 7.28. The highest BCUT2D eigenvalue weighted by atomic mass is 19.3. The van der Waals surface area contributed by atoms with Crippen molar-refractivity contribution in [1.29, 1.82) is 0 Å². The van der Waals surface area contributed by atoms with Crippen LogP contribution in [0, 0.1) is 6.92 Å². The number of amides is 1. The summed E-state index contributed by atoms with van der Waals surface area (Å²) in [5, 5.41) is 11.0. The van der Waals surface area contributed by atoms with Crippen molar-refractivity contribution in [3.8, 4) is 28.9 Å². The molecule has 0 saturated carbocycles. The van der Waals surface area contributed by atoms with E-state index in [0.29, 0.717) is 30.4 Å². The average Bonchev–Trinajstić information content (AvgIpc) is 3.40. The summed E-state index contributed by atoms with van der Waals surface area (Å²) in [4.78, 5) is 20.6. The molecule has 0 atom stereocenters. The minimum Gasteiger partial charge on any atom is -0.433 e. The number of benzene rings is 2. The molecule has 170 valence electrons. The molecule has 0 aliphatic heterocycles. The van der Waals surface area contributed by atoms with Gasteiger partial charge >= 0.3 is 6.11 Å².